The predicted octanol–water partition coefficient (Wildman–Crippen LogP) is 1.57. The molecule has 0 atom stereocenters. The fourth-order valence-corrected chi connectivity index (χ4v) is 2.42. The van der Waals surface area contributed by atoms with E-state index in [0.717, 1.165) is 42.5 Å². The van der Waals surface area contributed by atoms with Crippen molar-refractivity contribution in [2.24, 2.45) is 5.92 Å². The number of aromatic nitrogens is 2. The lowest BCUT2D eigenvalue weighted by molar-refractivity contribution is -0.120. The summed E-state index contributed by atoms with van der Waals surface area (Å²) in [5.74, 6) is 0.194. The van der Waals surface area contributed by atoms with Crippen molar-refractivity contribution < 1.29 is 4.79 Å². The predicted molar refractivity (Wildman–Crippen MR) is 73.8 cm³/mol. The van der Waals surface area contributed by atoms with Gasteiger partial charge in [0.25, 0.3) is 0 Å². The maximum atomic E-state index is 12.2. The zero-order valence-corrected chi connectivity index (χ0v) is 10.6. The quantitative estimate of drug-likeness (QED) is 0.856. The third-order valence-electron chi connectivity index (χ3n) is 3.51. The molecular weight excluding hydrogens is 240 g/mol. The van der Waals surface area contributed by atoms with E-state index in [2.05, 4.69) is 20.6 Å². The molecule has 0 bridgehead atoms. The molecule has 3 heterocycles. The maximum Gasteiger partial charge on any atom is 0.227 e. The van der Waals surface area contributed by atoms with Crippen LogP contribution in [0.3, 0.4) is 0 Å². The van der Waals surface area contributed by atoms with Gasteiger partial charge in [0.05, 0.1) is 11.2 Å². The van der Waals surface area contributed by atoms with Crippen molar-refractivity contribution in [1.82, 2.24) is 15.3 Å². The third-order valence-corrected chi connectivity index (χ3v) is 3.51. The topological polar surface area (TPSA) is 66.9 Å². The van der Waals surface area contributed by atoms with Crippen LogP contribution in [0.5, 0.6) is 0 Å². The Labute approximate surface area is 111 Å². The van der Waals surface area contributed by atoms with Crippen LogP contribution in [0, 0.1) is 5.92 Å². The Morgan fingerprint density at radius 2 is 2.11 bits per heavy atom. The number of nitrogens with zero attached hydrogens (tertiary/aromatic N) is 2. The van der Waals surface area contributed by atoms with Crippen LogP contribution in [0.15, 0.2) is 30.7 Å². The van der Waals surface area contributed by atoms with E-state index in [1.54, 1.807) is 18.6 Å². The number of fused-ring (bicyclic) bond motifs is 1. The van der Waals surface area contributed by atoms with Crippen LogP contribution in [0.25, 0.3) is 10.9 Å². The van der Waals surface area contributed by atoms with Gasteiger partial charge in [-0.3, -0.25) is 14.8 Å². The highest BCUT2D eigenvalue weighted by molar-refractivity contribution is 6.01. The SMILES string of the molecule is O=C(Nc1ccnc2ccncc12)C1CCNCC1. The molecule has 0 radical (unpaired) electrons. The highest BCUT2D eigenvalue weighted by atomic mass is 16.1. The van der Waals surface area contributed by atoms with Gasteiger partial charge in [0, 0.05) is 29.9 Å². The van der Waals surface area contributed by atoms with Crippen LogP contribution < -0.4 is 10.6 Å². The Kier molecular flexibility index (Phi) is 3.37. The Morgan fingerprint density at radius 1 is 1.26 bits per heavy atom. The first-order chi connectivity index (χ1) is 9.34. The molecule has 19 heavy (non-hydrogen) atoms. The summed E-state index contributed by atoms with van der Waals surface area (Å²) >= 11 is 0. The van der Waals surface area contributed by atoms with Crippen LogP contribution in [-0.4, -0.2) is 29.0 Å². The highest BCUT2D eigenvalue weighted by Gasteiger charge is 2.21. The monoisotopic (exact) mass is 256 g/mol. The van der Waals surface area contributed by atoms with E-state index in [1.165, 1.54) is 0 Å². The number of nitrogens with one attached hydrogen (secondary N) is 2. The Balaban J connectivity index is 1.82. The minimum atomic E-state index is 0.0952. The summed E-state index contributed by atoms with van der Waals surface area (Å²) in [6.45, 7) is 1.83. The van der Waals surface area contributed by atoms with Crippen molar-refractivity contribution in [3.63, 3.8) is 0 Å². The molecule has 1 amide bonds. The summed E-state index contributed by atoms with van der Waals surface area (Å²) in [6.07, 6.45) is 6.94. The molecule has 2 N–H and O–H groups in total. The van der Waals surface area contributed by atoms with Crippen LogP contribution >= 0.6 is 0 Å². The number of hydrogen-bond donors (Lipinski definition) is 2. The summed E-state index contributed by atoms with van der Waals surface area (Å²) in [4.78, 5) is 20.6. The molecule has 0 unspecified atom stereocenters. The average Bonchev–Trinajstić information content (AvgIpc) is 2.48. The minimum absolute atomic E-state index is 0.0952. The number of carbonyl (C=O) groups excluding carboxylic acids is 1. The number of rotatable bonds is 2. The number of amides is 1. The second-order valence-corrected chi connectivity index (χ2v) is 4.76. The molecule has 1 fully saturated rings. The molecule has 0 saturated carbocycles. The zero-order valence-electron chi connectivity index (χ0n) is 10.6. The smallest absolute Gasteiger partial charge is 0.227 e. The van der Waals surface area contributed by atoms with Crippen LogP contribution in [-0.2, 0) is 4.79 Å². The van der Waals surface area contributed by atoms with E-state index in [4.69, 9.17) is 0 Å². The number of piperidine rings is 1. The molecule has 3 rings (SSSR count). The summed E-state index contributed by atoms with van der Waals surface area (Å²) in [5, 5.41) is 7.15. The van der Waals surface area contributed by atoms with Crippen LogP contribution in [0.4, 0.5) is 5.69 Å². The molecule has 0 spiro atoms. The van der Waals surface area contributed by atoms with Gasteiger partial charge in [-0.25, -0.2) is 0 Å². The van der Waals surface area contributed by atoms with Gasteiger partial charge in [0.15, 0.2) is 0 Å². The summed E-state index contributed by atoms with van der Waals surface area (Å²) in [6, 6.07) is 3.67. The van der Waals surface area contributed by atoms with Gasteiger partial charge < -0.3 is 10.6 Å². The first kappa shape index (κ1) is 12.0. The lowest BCUT2D eigenvalue weighted by Gasteiger charge is -2.22. The molecule has 0 aliphatic carbocycles. The standard InChI is InChI=1S/C14H16N4O/c19-14(10-1-5-15-6-2-10)18-13-4-8-17-12-3-7-16-9-11(12)13/h3-4,7-10,15H,1-2,5-6H2,(H,17,18,19). The lowest BCUT2D eigenvalue weighted by atomic mass is 9.97. The van der Waals surface area contributed by atoms with Crippen molar-refractivity contribution in [2.45, 2.75) is 12.8 Å². The number of carbonyl (C=O) groups is 1. The molecule has 1 saturated heterocycles. The summed E-state index contributed by atoms with van der Waals surface area (Å²) < 4.78 is 0. The molecule has 5 nitrogen and oxygen atoms in total. The number of anilines is 1. The van der Waals surface area contributed by atoms with E-state index in [9.17, 15) is 4.79 Å². The lowest BCUT2D eigenvalue weighted by Crippen LogP contribution is -2.34. The second-order valence-electron chi connectivity index (χ2n) is 4.76. The molecule has 0 aromatic carbocycles. The van der Waals surface area contributed by atoms with E-state index in [0.29, 0.717) is 0 Å². The fourth-order valence-electron chi connectivity index (χ4n) is 2.42. The number of hydrogen-bond acceptors (Lipinski definition) is 4. The van der Waals surface area contributed by atoms with Crippen molar-refractivity contribution in [1.29, 1.82) is 0 Å². The van der Waals surface area contributed by atoms with Gasteiger partial charge in [-0.1, -0.05) is 0 Å². The largest absolute Gasteiger partial charge is 0.325 e. The minimum Gasteiger partial charge on any atom is -0.325 e. The second kappa shape index (κ2) is 5.32. The molecule has 2 aromatic heterocycles. The van der Waals surface area contributed by atoms with Gasteiger partial charge in [0.2, 0.25) is 5.91 Å². The van der Waals surface area contributed by atoms with Crippen molar-refractivity contribution in [3.05, 3.63) is 30.7 Å². The van der Waals surface area contributed by atoms with Gasteiger partial charge >= 0.3 is 0 Å². The normalized spacial score (nSPS) is 16.4. The molecular formula is C14H16N4O. The van der Waals surface area contributed by atoms with Gasteiger partial charge in [0.1, 0.15) is 0 Å². The van der Waals surface area contributed by atoms with Crippen LogP contribution in [0.2, 0.25) is 0 Å². The van der Waals surface area contributed by atoms with Gasteiger partial charge in [-0.05, 0) is 38.1 Å². The van der Waals surface area contributed by atoms with Crippen molar-refractivity contribution in [2.75, 3.05) is 18.4 Å². The Morgan fingerprint density at radius 3 is 2.95 bits per heavy atom. The van der Waals surface area contributed by atoms with Crippen molar-refractivity contribution >= 4 is 22.5 Å². The van der Waals surface area contributed by atoms with Gasteiger partial charge in [-0.2, -0.15) is 0 Å². The molecule has 1 aliphatic heterocycles. The Hall–Kier alpha value is -2.01. The summed E-state index contributed by atoms with van der Waals surface area (Å²) in [5.41, 5.74) is 1.64. The van der Waals surface area contributed by atoms with E-state index in [1.807, 2.05) is 12.1 Å². The van der Waals surface area contributed by atoms with Gasteiger partial charge in [-0.15, -0.1) is 0 Å². The van der Waals surface area contributed by atoms with E-state index in [-0.39, 0.29) is 11.8 Å². The van der Waals surface area contributed by atoms with Crippen molar-refractivity contribution in [3.8, 4) is 0 Å². The summed E-state index contributed by atoms with van der Waals surface area (Å²) in [7, 11) is 0. The average molecular weight is 256 g/mol. The molecule has 2 aromatic rings. The Bertz CT molecular complexity index is 588. The molecule has 5 heteroatoms. The molecule has 1 aliphatic rings. The zero-order chi connectivity index (χ0) is 13.1. The fraction of sp³-hybridized carbons (Fsp3) is 0.357. The highest BCUT2D eigenvalue weighted by Crippen LogP contribution is 2.22. The third kappa shape index (κ3) is 2.56. The van der Waals surface area contributed by atoms with Crippen LogP contribution in [0.1, 0.15) is 12.8 Å². The van der Waals surface area contributed by atoms with E-state index >= 15 is 0 Å². The first-order valence-corrected chi connectivity index (χ1v) is 6.55. The first-order valence-electron chi connectivity index (χ1n) is 6.55. The molecule has 98 valence electrons. The maximum absolute atomic E-state index is 12.2. The van der Waals surface area contributed by atoms with E-state index < -0.39 is 0 Å². The number of pyridine rings is 2.